The smallest absolute Gasteiger partial charge is 0.0499 e. The fraction of sp³-hybridized carbons (Fsp3) is 1.00. The second-order valence-corrected chi connectivity index (χ2v) is 5.56. The van der Waals surface area contributed by atoms with Crippen LogP contribution in [0.15, 0.2) is 0 Å². The first-order valence-corrected chi connectivity index (χ1v) is 6.30. The molecule has 0 bridgehead atoms. The monoisotopic (exact) mass is 215 g/mol. The lowest BCUT2D eigenvalue weighted by Crippen LogP contribution is -2.37. The van der Waals surface area contributed by atoms with Gasteiger partial charge in [-0.05, 0) is 24.7 Å². The van der Waals surface area contributed by atoms with Gasteiger partial charge < -0.3 is 10.8 Å². The van der Waals surface area contributed by atoms with E-state index in [9.17, 15) is 5.11 Å². The van der Waals surface area contributed by atoms with Gasteiger partial charge in [0.2, 0.25) is 0 Å². The van der Waals surface area contributed by atoms with Crippen LogP contribution in [0, 0.1) is 17.3 Å². The van der Waals surface area contributed by atoms with E-state index in [1.165, 1.54) is 12.8 Å². The maximum Gasteiger partial charge on any atom is 0.0499 e. The highest BCUT2D eigenvalue weighted by molar-refractivity contribution is 4.82. The van der Waals surface area contributed by atoms with Crippen molar-refractivity contribution >= 4 is 0 Å². The Hall–Kier alpha value is -0.0800. The van der Waals surface area contributed by atoms with Crippen molar-refractivity contribution in [3.8, 4) is 0 Å². The molecule has 0 heterocycles. The summed E-state index contributed by atoms with van der Waals surface area (Å²) in [4.78, 5) is 0. The summed E-state index contributed by atoms with van der Waals surface area (Å²) in [6.07, 6.45) is 4.55. The van der Waals surface area contributed by atoms with Crippen LogP contribution in [-0.4, -0.2) is 18.3 Å². The predicted molar refractivity (Wildman–Crippen MR) is 66.7 cm³/mol. The van der Waals surface area contributed by atoms with Gasteiger partial charge in [-0.25, -0.2) is 0 Å². The van der Waals surface area contributed by atoms with Crippen LogP contribution in [0.4, 0.5) is 0 Å². The van der Waals surface area contributed by atoms with E-state index in [0.717, 1.165) is 12.8 Å². The zero-order valence-corrected chi connectivity index (χ0v) is 10.9. The van der Waals surface area contributed by atoms with Gasteiger partial charge in [0.1, 0.15) is 0 Å². The first kappa shape index (κ1) is 14.9. The molecule has 0 saturated heterocycles. The molecule has 0 amide bonds. The Bertz CT molecular complexity index is 153. The number of hydrogen-bond acceptors (Lipinski definition) is 2. The van der Waals surface area contributed by atoms with Crippen molar-refractivity contribution in [3.63, 3.8) is 0 Å². The lowest BCUT2D eigenvalue weighted by Gasteiger charge is -2.34. The van der Waals surface area contributed by atoms with E-state index in [4.69, 9.17) is 5.73 Å². The molecule has 0 rings (SSSR count). The zero-order chi connectivity index (χ0) is 11.9. The molecule has 0 radical (unpaired) electrons. The fourth-order valence-corrected chi connectivity index (χ4v) is 2.64. The van der Waals surface area contributed by atoms with E-state index >= 15 is 0 Å². The van der Waals surface area contributed by atoms with Crippen LogP contribution in [-0.2, 0) is 0 Å². The molecule has 0 aromatic carbocycles. The molecule has 3 N–H and O–H groups in total. The van der Waals surface area contributed by atoms with Gasteiger partial charge in [-0.2, -0.15) is 0 Å². The maximum absolute atomic E-state index is 9.56. The Morgan fingerprint density at radius 2 is 1.80 bits per heavy atom. The molecule has 15 heavy (non-hydrogen) atoms. The summed E-state index contributed by atoms with van der Waals surface area (Å²) in [5, 5.41) is 9.56. The molecule has 2 atom stereocenters. The largest absolute Gasteiger partial charge is 0.396 e. The molecule has 0 aliphatic rings. The highest BCUT2D eigenvalue weighted by Crippen LogP contribution is 2.33. The molecule has 92 valence electrons. The third-order valence-corrected chi connectivity index (χ3v) is 3.17. The topological polar surface area (TPSA) is 46.2 Å². The number of aliphatic hydroxyl groups is 1. The number of rotatable bonds is 8. The predicted octanol–water partition coefficient (Wildman–Crippen LogP) is 2.80. The molecule has 0 fully saturated rings. The minimum Gasteiger partial charge on any atom is -0.396 e. The third-order valence-electron chi connectivity index (χ3n) is 3.17. The summed E-state index contributed by atoms with van der Waals surface area (Å²) in [5.74, 6) is 1.28. The first-order valence-electron chi connectivity index (χ1n) is 6.30. The van der Waals surface area contributed by atoms with E-state index in [1.54, 1.807) is 0 Å². The molecule has 0 aromatic heterocycles. The highest BCUT2D eigenvalue weighted by atomic mass is 16.3. The van der Waals surface area contributed by atoms with Gasteiger partial charge in [-0.1, -0.05) is 40.5 Å². The lowest BCUT2D eigenvalue weighted by atomic mass is 9.74. The quantitative estimate of drug-likeness (QED) is 0.654. The lowest BCUT2D eigenvalue weighted by molar-refractivity contribution is 0.0814. The Morgan fingerprint density at radius 3 is 2.13 bits per heavy atom. The third kappa shape index (κ3) is 5.53. The van der Waals surface area contributed by atoms with Gasteiger partial charge in [0.25, 0.3) is 0 Å². The Labute approximate surface area is 95.3 Å². The second kappa shape index (κ2) is 7.24. The van der Waals surface area contributed by atoms with Crippen molar-refractivity contribution in [3.05, 3.63) is 0 Å². The number of hydrogen-bond donors (Lipinski definition) is 2. The van der Waals surface area contributed by atoms with E-state index in [2.05, 4.69) is 27.7 Å². The van der Waals surface area contributed by atoms with Crippen molar-refractivity contribution < 1.29 is 5.11 Å². The summed E-state index contributed by atoms with van der Waals surface area (Å²) < 4.78 is 0. The fourth-order valence-electron chi connectivity index (χ4n) is 2.64. The van der Waals surface area contributed by atoms with E-state index < -0.39 is 0 Å². The Balaban J connectivity index is 4.34. The number of aliphatic hydroxyl groups excluding tert-OH is 1. The molecule has 2 heteroatoms. The molecule has 0 saturated carbocycles. The van der Waals surface area contributed by atoms with E-state index in [1.807, 2.05) is 0 Å². The summed E-state index contributed by atoms with van der Waals surface area (Å²) in [6, 6.07) is 0. The van der Waals surface area contributed by atoms with Gasteiger partial charge in [-0.3, -0.25) is 0 Å². The molecule has 0 spiro atoms. The van der Waals surface area contributed by atoms with E-state index in [0.29, 0.717) is 18.4 Å². The normalized spacial score (nSPS) is 17.8. The van der Waals surface area contributed by atoms with Crippen molar-refractivity contribution in [2.75, 3.05) is 13.2 Å². The first-order chi connectivity index (χ1) is 6.99. The van der Waals surface area contributed by atoms with Crippen LogP contribution in [0.2, 0.25) is 0 Å². The molecular formula is C13H29NO. The standard InChI is InChI=1S/C13H29NO/c1-5-6-12(4)8-13(9-14,10-15)7-11(2)3/h11-12,15H,5-10,14H2,1-4H3. The second-order valence-electron chi connectivity index (χ2n) is 5.56. The summed E-state index contributed by atoms with van der Waals surface area (Å²) >= 11 is 0. The van der Waals surface area contributed by atoms with Crippen molar-refractivity contribution in [1.29, 1.82) is 0 Å². The molecule has 0 aliphatic carbocycles. The van der Waals surface area contributed by atoms with Crippen LogP contribution in [0.3, 0.4) is 0 Å². The molecule has 2 unspecified atom stereocenters. The van der Waals surface area contributed by atoms with Crippen molar-refractivity contribution in [2.45, 2.75) is 53.4 Å². The van der Waals surface area contributed by atoms with Crippen LogP contribution in [0.25, 0.3) is 0 Å². The van der Waals surface area contributed by atoms with Crippen molar-refractivity contribution in [2.24, 2.45) is 23.0 Å². The minimum absolute atomic E-state index is 0.0389. The van der Waals surface area contributed by atoms with Gasteiger partial charge in [0, 0.05) is 18.6 Å². The average Bonchev–Trinajstić information content (AvgIpc) is 2.16. The van der Waals surface area contributed by atoms with Gasteiger partial charge >= 0.3 is 0 Å². The zero-order valence-electron chi connectivity index (χ0n) is 10.9. The van der Waals surface area contributed by atoms with Crippen LogP contribution >= 0.6 is 0 Å². The van der Waals surface area contributed by atoms with Gasteiger partial charge in [0.05, 0.1) is 0 Å². The van der Waals surface area contributed by atoms with Crippen LogP contribution in [0.5, 0.6) is 0 Å². The van der Waals surface area contributed by atoms with E-state index in [-0.39, 0.29) is 12.0 Å². The molecule has 0 aliphatic heterocycles. The Morgan fingerprint density at radius 1 is 1.20 bits per heavy atom. The van der Waals surface area contributed by atoms with Crippen molar-refractivity contribution in [1.82, 2.24) is 0 Å². The SMILES string of the molecule is CCCC(C)CC(CN)(CO)CC(C)C. The summed E-state index contributed by atoms with van der Waals surface area (Å²) in [7, 11) is 0. The molecular weight excluding hydrogens is 186 g/mol. The maximum atomic E-state index is 9.56. The Kier molecular flexibility index (Phi) is 7.20. The summed E-state index contributed by atoms with van der Waals surface area (Å²) in [6.45, 7) is 9.71. The minimum atomic E-state index is -0.0389. The van der Waals surface area contributed by atoms with Crippen LogP contribution < -0.4 is 5.73 Å². The van der Waals surface area contributed by atoms with Crippen LogP contribution in [0.1, 0.15) is 53.4 Å². The molecule has 2 nitrogen and oxygen atoms in total. The number of nitrogens with two attached hydrogens (primary N) is 1. The average molecular weight is 215 g/mol. The highest BCUT2D eigenvalue weighted by Gasteiger charge is 2.30. The van der Waals surface area contributed by atoms with Gasteiger partial charge in [-0.15, -0.1) is 0 Å². The van der Waals surface area contributed by atoms with Gasteiger partial charge in [0.15, 0.2) is 0 Å². The summed E-state index contributed by atoms with van der Waals surface area (Å²) in [5.41, 5.74) is 5.81. The molecule has 0 aromatic rings.